The Hall–Kier alpha value is -0.690. The lowest BCUT2D eigenvalue weighted by Crippen LogP contribution is -2.37. The molecule has 104 valence electrons. The van der Waals surface area contributed by atoms with Crippen molar-refractivity contribution in [3.8, 4) is 0 Å². The Bertz CT molecular complexity index is 373. The van der Waals surface area contributed by atoms with Crippen molar-refractivity contribution in [1.82, 2.24) is 5.32 Å². The average molecular weight is 308 g/mol. The number of esters is 1. The van der Waals surface area contributed by atoms with E-state index in [1.54, 1.807) is 5.32 Å². The van der Waals surface area contributed by atoms with Crippen LogP contribution in [0.5, 0.6) is 0 Å². The van der Waals surface area contributed by atoms with Crippen molar-refractivity contribution in [3.63, 3.8) is 0 Å². The Balaban J connectivity index is 2.30. The maximum Gasteiger partial charge on any atom is 0.405 e. The zero-order chi connectivity index (χ0) is 14.2. The SMILES string of the molecule is C[C@@]1(C(=O)OCC(=O)NCC(F)(F)F)CC1(Cl)Cl. The van der Waals surface area contributed by atoms with Gasteiger partial charge in [-0.25, -0.2) is 0 Å². The van der Waals surface area contributed by atoms with Crippen molar-refractivity contribution >= 4 is 35.1 Å². The van der Waals surface area contributed by atoms with Gasteiger partial charge >= 0.3 is 12.1 Å². The molecule has 1 aliphatic carbocycles. The number of carbonyl (C=O) groups is 2. The lowest BCUT2D eigenvalue weighted by atomic mass is 10.1. The summed E-state index contributed by atoms with van der Waals surface area (Å²) in [4.78, 5) is 22.4. The molecule has 1 amide bonds. The summed E-state index contributed by atoms with van der Waals surface area (Å²) in [5.74, 6) is -1.85. The van der Waals surface area contributed by atoms with Crippen LogP contribution in [0.15, 0.2) is 0 Å². The molecule has 0 bridgehead atoms. The maximum absolute atomic E-state index is 11.8. The third-order valence-electron chi connectivity index (χ3n) is 2.53. The van der Waals surface area contributed by atoms with Crippen LogP contribution in [0.2, 0.25) is 0 Å². The van der Waals surface area contributed by atoms with Crippen LogP contribution in [0, 0.1) is 5.41 Å². The molecule has 1 atom stereocenters. The Morgan fingerprint density at radius 1 is 1.39 bits per heavy atom. The molecule has 9 heteroatoms. The molecule has 1 saturated carbocycles. The van der Waals surface area contributed by atoms with Crippen LogP contribution in [0.4, 0.5) is 13.2 Å². The van der Waals surface area contributed by atoms with Crippen molar-refractivity contribution in [2.45, 2.75) is 23.9 Å². The Kier molecular flexibility index (Phi) is 4.07. The number of amides is 1. The third-order valence-corrected chi connectivity index (χ3v) is 3.63. The van der Waals surface area contributed by atoms with Gasteiger partial charge in [-0.1, -0.05) is 0 Å². The molecule has 1 aliphatic rings. The second kappa shape index (κ2) is 4.77. The molecule has 0 saturated heterocycles. The van der Waals surface area contributed by atoms with Gasteiger partial charge in [0.15, 0.2) is 6.61 Å². The first-order valence-corrected chi connectivity index (χ1v) is 5.62. The van der Waals surface area contributed by atoms with Crippen LogP contribution in [-0.2, 0) is 14.3 Å². The van der Waals surface area contributed by atoms with Crippen LogP contribution < -0.4 is 5.32 Å². The molecule has 0 aromatic rings. The van der Waals surface area contributed by atoms with Crippen molar-refractivity contribution in [2.24, 2.45) is 5.41 Å². The molecule has 0 aromatic carbocycles. The first-order valence-electron chi connectivity index (χ1n) is 4.86. The average Bonchev–Trinajstić information content (AvgIpc) is 2.72. The lowest BCUT2D eigenvalue weighted by molar-refractivity contribution is -0.155. The Morgan fingerprint density at radius 3 is 2.28 bits per heavy atom. The Labute approximate surface area is 111 Å². The van der Waals surface area contributed by atoms with Crippen LogP contribution in [-0.4, -0.2) is 35.5 Å². The maximum atomic E-state index is 11.8. The molecule has 0 radical (unpaired) electrons. The van der Waals surface area contributed by atoms with E-state index in [9.17, 15) is 22.8 Å². The van der Waals surface area contributed by atoms with E-state index in [2.05, 4.69) is 4.74 Å². The normalized spacial score (nSPS) is 25.4. The highest BCUT2D eigenvalue weighted by atomic mass is 35.5. The predicted molar refractivity (Wildman–Crippen MR) is 57.2 cm³/mol. The monoisotopic (exact) mass is 307 g/mol. The highest BCUT2D eigenvalue weighted by Gasteiger charge is 2.69. The topological polar surface area (TPSA) is 55.4 Å². The van der Waals surface area contributed by atoms with Crippen LogP contribution in [0.1, 0.15) is 13.3 Å². The van der Waals surface area contributed by atoms with Gasteiger partial charge in [0.05, 0.1) is 0 Å². The molecule has 0 unspecified atom stereocenters. The number of alkyl halides is 5. The first kappa shape index (κ1) is 15.4. The van der Waals surface area contributed by atoms with Crippen molar-refractivity contribution in [2.75, 3.05) is 13.2 Å². The van der Waals surface area contributed by atoms with E-state index in [4.69, 9.17) is 23.2 Å². The number of nitrogens with one attached hydrogen (secondary N) is 1. The highest BCUT2D eigenvalue weighted by molar-refractivity contribution is 6.53. The van der Waals surface area contributed by atoms with E-state index in [0.717, 1.165) is 0 Å². The summed E-state index contributed by atoms with van der Waals surface area (Å²) in [6.45, 7) is -0.826. The molecule has 0 spiro atoms. The molecule has 1 rings (SSSR count). The molecule has 0 aromatic heterocycles. The first-order chi connectivity index (χ1) is 7.98. The van der Waals surface area contributed by atoms with Crippen LogP contribution >= 0.6 is 23.2 Å². The molecule has 18 heavy (non-hydrogen) atoms. The number of rotatable bonds is 4. The number of carbonyl (C=O) groups excluding carboxylic acids is 2. The number of halogens is 5. The van der Waals surface area contributed by atoms with Crippen molar-refractivity contribution in [1.29, 1.82) is 0 Å². The second-order valence-corrected chi connectivity index (χ2v) is 5.67. The van der Waals surface area contributed by atoms with Gasteiger partial charge in [0.25, 0.3) is 5.91 Å². The molecule has 4 nitrogen and oxygen atoms in total. The summed E-state index contributed by atoms with van der Waals surface area (Å²) < 4.78 is 38.6. The van der Waals surface area contributed by atoms with E-state index < -0.39 is 41.0 Å². The molecular formula is C9H10Cl2F3NO3. The Morgan fingerprint density at radius 2 is 1.89 bits per heavy atom. The minimum Gasteiger partial charge on any atom is -0.455 e. The van der Waals surface area contributed by atoms with Gasteiger partial charge in [-0.2, -0.15) is 13.2 Å². The minimum atomic E-state index is -4.51. The zero-order valence-electron chi connectivity index (χ0n) is 9.24. The van der Waals surface area contributed by atoms with E-state index in [1.807, 2.05) is 0 Å². The van der Waals surface area contributed by atoms with Gasteiger partial charge in [0.1, 0.15) is 16.3 Å². The second-order valence-electron chi connectivity index (χ2n) is 4.18. The predicted octanol–water partition coefficient (Wildman–Crippen LogP) is 1.79. The van der Waals surface area contributed by atoms with Gasteiger partial charge in [-0.05, 0) is 6.92 Å². The van der Waals surface area contributed by atoms with E-state index >= 15 is 0 Å². The molecule has 1 fully saturated rings. The number of ether oxygens (including phenoxy) is 1. The largest absolute Gasteiger partial charge is 0.455 e. The molecule has 0 heterocycles. The molecule has 1 N–H and O–H groups in total. The van der Waals surface area contributed by atoms with Gasteiger partial charge in [0, 0.05) is 6.42 Å². The summed E-state index contributed by atoms with van der Waals surface area (Å²) >= 11 is 11.4. The zero-order valence-corrected chi connectivity index (χ0v) is 10.7. The fourth-order valence-electron chi connectivity index (χ4n) is 1.16. The molecular weight excluding hydrogens is 298 g/mol. The van der Waals surface area contributed by atoms with Gasteiger partial charge in [0.2, 0.25) is 0 Å². The smallest absolute Gasteiger partial charge is 0.405 e. The van der Waals surface area contributed by atoms with Gasteiger partial charge in [-0.3, -0.25) is 9.59 Å². The summed E-state index contributed by atoms with van der Waals surface area (Å²) in [6.07, 6.45) is -4.34. The number of hydrogen-bond acceptors (Lipinski definition) is 3. The van der Waals surface area contributed by atoms with Crippen LogP contribution in [0.25, 0.3) is 0 Å². The van der Waals surface area contributed by atoms with E-state index in [0.29, 0.717) is 0 Å². The summed E-state index contributed by atoms with van der Waals surface area (Å²) in [5.41, 5.74) is -1.11. The van der Waals surface area contributed by atoms with Gasteiger partial charge < -0.3 is 10.1 Å². The van der Waals surface area contributed by atoms with E-state index in [-0.39, 0.29) is 6.42 Å². The number of hydrogen-bond donors (Lipinski definition) is 1. The standard InChI is InChI=1S/C9H10Cl2F3NO3/c1-7(3-8(7,10)11)6(17)18-2-5(16)15-4-9(12,13)14/h2-4H2,1H3,(H,15,16)/t7-/m0/s1. The lowest BCUT2D eigenvalue weighted by Gasteiger charge is -2.12. The fourth-order valence-corrected chi connectivity index (χ4v) is 1.85. The highest BCUT2D eigenvalue weighted by Crippen LogP contribution is 2.64. The minimum absolute atomic E-state index is 0.173. The quantitative estimate of drug-likeness (QED) is 0.636. The fraction of sp³-hybridized carbons (Fsp3) is 0.778. The molecule has 0 aliphatic heterocycles. The third kappa shape index (κ3) is 3.65. The van der Waals surface area contributed by atoms with Gasteiger partial charge in [-0.15, -0.1) is 23.2 Å². The summed E-state index contributed by atoms with van der Waals surface area (Å²) in [7, 11) is 0. The summed E-state index contributed by atoms with van der Waals surface area (Å²) in [6, 6.07) is 0. The van der Waals surface area contributed by atoms with Crippen LogP contribution in [0.3, 0.4) is 0 Å². The van der Waals surface area contributed by atoms with Crippen molar-refractivity contribution < 1.29 is 27.5 Å². The van der Waals surface area contributed by atoms with Crippen molar-refractivity contribution in [3.05, 3.63) is 0 Å². The summed E-state index contributed by atoms with van der Waals surface area (Å²) in [5, 5.41) is 1.56. The van der Waals surface area contributed by atoms with E-state index in [1.165, 1.54) is 6.92 Å².